The van der Waals surface area contributed by atoms with Gasteiger partial charge in [0.2, 0.25) is 0 Å². The van der Waals surface area contributed by atoms with E-state index in [4.69, 9.17) is 5.11 Å². The van der Waals surface area contributed by atoms with E-state index in [2.05, 4.69) is 5.32 Å². The van der Waals surface area contributed by atoms with Crippen LogP contribution >= 0.6 is 0 Å². The van der Waals surface area contributed by atoms with Gasteiger partial charge < -0.3 is 15.2 Å². The first kappa shape index (κ1) is 14.2. The molecule has 0 saturated heterocycles. The number of rotatable bonds is 4. The number of aliphatic carboxylic acids is 1. The molecule has 5 heteroatoms. The SMILES string of the molecule is CC(=O)CCc1ccc(NC(=O)C(=O)O)c2c1CCC2. The third-order valence-electron chi connectivity index (χ3n) is 3.57. The molecule has 0 heterocycles. The van der Waals surface area contributed by atoms with E-state index in [0.29, 0.717) is 18.5 Å². The van der Waals surface area contributed by atoms with Crippen LogP contribution in [0.2, 0.25) is 0 Å². The smallest absolute Gasteiger partial charge is 0.394 e. The third kappa shape index (κ3) is 3.04. The number of carbonyl (C=O) groups excluding carboxylic acids is 2. The van der Waals surface area contributed by atoms with Crippen molar-refractivity contribution in [2.24, 2.45) is 0 Å². The number of hydrogen-bond acceptors (Lipinski definition) is 3. The Morgan fingerprint density at radius 1 is 1.20 bits per heavy atom. The molecule has 1 aromatic rings. The summed E-state index contributed by atoms with van der Waals surface area (Å²) in [6.07, 6.45) is 3.94. The molecule has 1 aliphatic rings. The first-order chi connectivity index (χ1) is 9.49. The van der Waals surface area contributed by atoms with Crippen molar-refractivity contribution in [1.82, 2.24) is 0 Å². The lowest BCUT2D eigenvalue weighted by Gasteiger charge is -2.13. The predicted octanol–water partition coefficient (Wildman–Crippen LogP) is 1.72. The van der Waals surface area contributed by atoms with Crippen molar-refractivity contribution in [2.75, 3.05) is 5.32 Å². The zero-order valence-electron chi connectivity index (χ0n) is 11.4. The van der Waals surface area contributed by atoms with E-state index in [1.54, 1.807) is 13.0 Å². The summed E-state index contributed by atoms with van der Waals surface area (Å²) in [6.45, 7) is 1.57. The van der Waals surface area contributed by atoms with Gasteiger partial charge in [0, 0.05) is 12.1 Å². The molecular formula is C15H17NO4. The zero-order chi connectivity index (χ0) is 14.7. The van der Waals surface area contributed by atoms with Crippen molar-refractivity contribution >= 4 is 23.3 Å². The zero-order valence-corrected chi connectivity index (χ0v) is 11.4. The highest BCUT2D eigenvalue weighted by molar-refractivity contribution is 6.36. The molecule has 0 aliphatic heterocycles. The molecule has 5 nitrogen and oxygen atoms in total. The lowest BCUT2D eigenvalue weighted by Crippen LogP contribution is -2.22. The molecule has 0 bridgehead atoms. The average Bonchev–Trinajstić information content (AvgIpc) is 2.87. The molecule has 0 aromatic heterocycles. The Hall–Kier alpha value is -2.17. The summed E-state index contributed by atoms with van der Waals surface area (Å²) < 4.78 is 0. The second-order valence-electron chi connectivity index (χ2n) is 5.04. The van der Waals surface area contributed by atoms with Gasteiger partial charge in [-0.3, -0.25) is 4.79 Å². The van der Waals surface area contributed by atoms with Gasteiger partial charge in [0.05, 0.1) is 0 Å². The number of ketones is 1. The number of amides is 1. The van der Waals surface area contributed by atoms with Crippen molar-refractivity contribution in [3.63, 3.8) is 0 Å². The Bertz CT molecular complexity index is 577. The van der Waals surface area contributed by atoms with E-state index >= 15 is 0 Å². The van der Waals surface area contributed by atoms with E-state index in [-0.39, 0.29) is 5.78 Å². The van der Waals surface area contributed by atoms with Crippen LogP contribution in [0.5, 0.6) is 0 Å². The molecule has 1 aromatic carbocycles. The monoisotopic (exact) mass is 275 g/mol. The molecular weight excluding hydrogens is 258 g/mol. The van der Waals surface area contributed by atoms with Gasteiger partial charge in [-0.15, -0.1) is 0 Å². The fourth-order valence-electron chi connectivity index (χ4n) is 2.62. The molecule has 0 fully saturated rings. The van der Waals surface area contributed by atoms with Crippen LogP contribution in [0.4, 0.5) is 5.69 Å². The van der Waals surface area contributed by atoms with E-state index in [1.165, 1.54) is 0 Å². The highest BCUT2D eigenvalue weighted by Crippen LogP contribution is 2.32. The number of benzene rings is 1. The van der Waals surface area contributed by atoms with Crippen molar-refractivity contribution in [3.05, 3.63) is 28.8 Å². The summed E-state index contributed by atoms with van der Waals surface area (Å²) in [5.41, 5.74) is 3.88. The molecule has 106 valence electrons. The molecule has 20 heavy (non-hydrogen) atoms. The van der Waals surface area contributed by atoms with Crippen LogP contribution in [0.1, 0.15) is 36.5 Å². The van der Waals surface area contributed by atoms with Crippen LogP contribution in [0.25, 0.3) is 0 Å². The summed E-state index contributed by atoms with van der Waals surface area (Å²) in [5, 5.41) is 11.1. The number of carbonyl (C=O) groups is 3. The Labute approximate surface area is 117 Å². The van der Waals surface area contributed by atoms with Gasteiger partial charge in [-0.1, -0.05) is 6.07 Å². The van der Waals surface area contributed by atoms with Gasteiger partial charge in [-0.2, -0.15) is 0 Å². The van der Waals surface area contributed by atoms with Crippen molar-refractivity contribution < 1.29 is 19.5 Å². The van der Waals surface area contributed by atoms with Gasteiger partial charge in [-0.25, -0.2) is 4.79 Å². The fourth-order valence-corrected chi connectivity index (χ4v) is 2.62. The van der Waals surface area contributed by atoms with Gasteiger partial charge in [0.25, 0.3) is 0 Å². The minimum absolute atomic E-state index is 0.153. The summed E-state index contributed by atoms with van der Waals surface area (Å²) in [7, 11) is 0. The van der Waals surface area contributed by atoms with Crippen LogP contribution in [-0.4, -0.2) is 22.8 Å². The molecule has 0 unspecified atom stereocenters. The number of carboxylic acids is 1. The van der Waals surface area contributed by atoms with Gasteiger partial charge >= 0.3 is 11.9 Å². The van der Waals surface area contributed by atoms with Crippen LogP contribution in [0.3, 0.4) is 0 Å². The molecule has 1 aliphatic carbocycles. The van der Waals surface area contributed by atoms with Crippen LogP contribution in [0.15, 0.2) is 12.1 Å². The normalized spacial score (nSPS) is 12.8. The molecule has 0 spiro atoms. The maximum atomic E-state index is 11.3. The number of aryl methyl sites for hydroxylation is 1. The minimum atomic E-state index is -1.49. The second-order valence-corrected chi connectivity index (χ2v) is 5.04. The van der Waals surface area contributed by atoms with Crippen molar-refractivity contribution in [1.29, 1.82) is 0 Å². The number of carboxylic acid groups (broad SMARTS) is 1. The molecule has 0 radical (unpaired) electrons. The number of hydrogen-bond donors (Lipinski definition) is 2. The van der Waals surface area contributed by atoms with Gasteiger partial charge in [-0.05, 0) is 55.4 Å². The molecule has 2 rings (SSSR count). The fraction of sp³-hybridized carbons (Fsp3) is 0.400. The van der Waals surface area contributed by atoms with Crippen LogP contribution < -0.4 is 5.32 Å². The molecule has 1 amide bonds. The maximum absolute atomic E-state index is 11.3. The maximum Gasteiger partial charge on any atom is 0.394 e. The molecule has 0 saturated carbocycles. The number of fused-ring (bicyclic) bond motifs is 1. The Morgan fingerprint density at radius 2 is 1.90 bits per heavy atom. The summed E-state index contributed by atoms with van der Waals surface area (Å²) in [6, 6.07) is 3.62. The lowest BCUT2D eigenvalue weighted by molar-refractivity contribution is -0.147. The largest absolute Gasteiger partial charge is 0.474 e. The summed E-state index contributed by atoms with van der Waals surface area (Å²) >= 11 is 0. The highest BCUT2D eigenvalue weighted by atomic mass is 16.4. The Balaban J connectivity index is 2.25. The standard InChI is InChI=1S/C15H17NO4/c1-9(17)5-6-10-7-8-13(16-14(18)15(19)20)12-4-2-3-11(10)12/h7-8H,2-6H2,1H3,(H,16,18)(H,19,20). The van der Waals surface area contributed by atoms with E-state index in [9.17, 15) is 14.4 Å². The predicted molar refractivity (Wildman–Crippen MR) is 73.7 cm³/mol. The van der Waals surface area contributed by atoms with E-state index in [1.807, 2.05) is 6.07 Å². The summed E-state index contributed by atoms with van der Waals surface area (Å²) in [4.78, 5) is 32.9. The topological polar surface area (TPSA) is 83.5 Å². The van der Waals surface area contributed by atoms with Gasteiger partial charge in [0.1, 0.15) is 5.78 Å². The van der Waals surface area contributed by atoms with Crippen molar-refractivity contribution in [3.8, 4) is 0 Å². The van der Waals surface area contributed by atoms with Gasteiger partial charge in [0.15, 0.2) is 0 Å². The van der Waals surface area contributed by atoms with Crippen LogP contribution in [-0.2, 0) is 33.6 Å². The third-order valence-corrected chi connectivity index (χ3v) is 3.57. The number of nitrogens with one attached hydrogen (secondary N) is 1. The molecule has 0 atom stereocenters. The van der Waals surface area contributed by atoms with Crippen molar-refractivity contribution in [2.45, 2.75) is 39.0 Å². The second kappa shape index (κ2) is 5.86. The summed E-state index contributed by atoms with van der Waals surface area (Å²) in [5.74, 6) is -2.35. The quantitative estimate of drug-likeness (QED) is 0.819. The Kier molecular flexibility index (Phi) is 4.17. The molecule has 2 N–H and O–H groups in total. The number of anilines is 1. The van der Waals surface area contributed by atoms with E-state index in [0.717, 1.165) is 36.0 Å². The highest BCUT2D eigenvalue weighted by Gasteiger charge is 2.21. The first-order valence-electron chi connectivity index (χ1n) is 6.66. The average molecular weight is 275 g/mol. The lowest BCUT2D eigenvalue weighted by atomic mass is 9.97. The minimum Gasteiger partial charge on any atom is -0.474 e. The Morgan fingerprint density at radius 3 is 2.55 bits per heavy atom. The van der Waals surface area contributed by atoms with E-state index < -0.39 is 11.9 Å². The number of Topliss-reactive ketones (excluding diaryl/α,β-unsaturated/α-hetero) is 1. The van der Waals surface area contributed by atoms with Crippen LogP contribution in [0, 0.1) is 0 Å². The first-order valence-corrected chi connectivity index (χ1v) is 6.66.